The normalized spacial score (nSPS) is 10.2. The number of amides is 1. The van der Waals surface area contributed by atoms with Gasteiger partial charge in [-0.2, -0.15) is 0 Å². The number of aromatic amines is 1. The minimum Gasteiger partial charge on any atom is -0.480 e. The molecule has 0 aromatic carbocycles. The molecule has 3 N–H and O–H groups in total. The van der Waals surface area contributed by atoms with Crippen LogP contribution in [0.2, 0.25) is 0 Å². The number of H-pyrrole nitrogens is 1. The number of aromatic nitrogens is 2. The van der Waals surface area contributed by atoms with Crippen molar-refractivity contribution in [3.63, 3.8) is 0 Å². The van der Waals surface area contributed by atoms with Crippen LogP contribution in [0.3, 0.4) is 0 Å². The lowest BCUT2D eigenvalue weighted by Crippen LogP contribution is -2.29. The predicted molar refractivity (Wildman–Crippen MR) is 56.1 cm³/mol. The molecule has 16 heavy (non-hydrogen) atoms. The number of carbonyl (C=O) groups excluding carboxylic acids is 1. The van der Waals surface area contributed by atoms with Gasteiger partial charge < -0.3 is 15.4 Å². The second-order valence-corrected chi connectivity index (χ2v) is 3.21. The molecular formula is C10H9N3O3. The molecule has 2 rings (SSSR count). The summed E-state index contributed by atoms with van der Waals surface area (Å²) in [6.07, 6.45) is 3.27. The maximum atomic E-state index is 11.5. The van der Waals surface area contributed by atoms with Crippen LogP contribution in [-0.2, 0) is 4.79 Å². The van der Waals surface area contributed by atoms with Crippen molar-refractivity contribution in [3.8, 4) is 0 Å². The van der Waals surface area contributed by atoms with Gasteiger partial charge in [-0.05, 0) is 12.1 Å². The first-order valence-electron chi connectivity index (χ1n) is 4.60. The molecule has 0 spiro atoms. The van der Waals surface area contributed by atoms with E-state index in [0.717, 1.165) is 10.9 Å². The van der Waals surface area contributed by atoms with Crippen LogP contribution in [0, 0.1) is 0 Å². The van der Waals surface area contributed by atoms with Gasteiger partial charge >= 0.3 is 5.97 Å². The van der Waals surface area contributed by atoms with Crippen LogP contribution in [0.15, 0.2) is 24.5 Å². The van der Waals surface area contributed by atoms with Gasteiger partial charge in [-0.25, -0.2) is 4.98 Å². The molecule has 0 aliphatic carbocycles. The average Bonchev–Trinajstić information content (AvgIpc) is 2.72. The highest BCUT2D eigenvalue weighted by molar-refractivity contribution is 5.97. The maximum Gasteiger partial charge on any atom is 0.322 e. The van der Waals surface area contributed by atoms with Gasteiger partial charge in [0.15, 0.2) is 0 Å². The monoisotopic (exact) mass is 219 g/mol. The van der Waals surface area contributed by atoms with E-state index in [1.165, 1.54) is 6.20 Å². The van der Waals surface area contributed by atoms with E-state index in [1.807, 2.05) is 6.07 Å². The van der Waals surface area contributed by atoms with Crippen LogP contribution < -0.4 is 5.32 Å². The van der Waals surface area contributed by atoms with Gasteiger partial charge in [-0.15, -0.1) is 0 Å². The van der Waals surface area contributed by atoms with Gasteiger partial charge in [0, 0.05) is 11.6 Å². The van der Waals surface area contributed by atoms with Crippen molar-refractivity contribution in [3.05, 3.63) is 30.2 Å². The summed E-state index contributed by atoms with van der Waals surface area (Å²) in [6, 6.07) is 3.41. The van der Waals surface area contributed by atoms with Gasteiger partial charge in [-0.3, -0.25) is 9.59 Å². The van der Waals surface area contributed by atoms with Crippen molar-refractivity contribution >= 4 is 22.8 Å². The van der Waals surface area contributed by atoms with Gasteiger partial charge in [0.25, 0.3) is 5.91 Å². The van der Waals surface area contributed by atoms with Gasteiger partial charge in [0.05, 0.1) is 11.7 Å². The number of hydrogen-bond acceptors (Lipinski definition) is 3. The Kier molecular flexibility index (Phi) is 2.55. The number of carboxylic acids is 1. The number of rotatable bonds is 3. The summed E-state index contributed by atoms with van der Waals surface area (Å²) in [5, 5.41) is 11.5. The summed E-state index contributed by atoms with van der Waals surface area (Å²) in [5.74, 6) is -1.58. The average molecular weight is 219 g/mol. The van der Waals surface area contributed by atoms with Crippen molar-refractivity contribution in [2.75, 3.05) is 6.54 Å². The topological polar surface area (TPSA) is 95.1 Å². The molecule has 0 saturated heterocycles. The van der Waals surface area contributed by atoms with E-state index < -0.39 is 18.4 Å². The van der Waals surface area contributed by atoms with E-state index in [9.17, 15) is 9.59 Å². The molecule has 0 atom stereocenters. The first kappa shape index (κ1) is 10.2. The molecule has 6 heteroatoms. The van der Waals surface area contributed by atoms with Crippen molar-refractivity contribution in [1.29, 1.82) is 0 Å². The van der Waals surface area contributed by atoms with Crippen LogP contribution in [-0.4, -0.2) is 33.5 Å². The maximum absolute atomic E-state index is 11.5. The molecule has 0 radical (unpaired) electrons. The van der Waals surface area contributed by atoms with E-state index in [4.69, 9.17) is 5.11 Å². The Bertz CT molecular complexity index is 547. The van der Waals surface area contributed by atoms with Crippen molar-refractivity contribution < 1.29 is 14.7 Å². The standard InChI is InChI=1S/C10H9N3O3/c14-9(15)5-13-10(16)7-3-6-1-2-11-8(6)4-12-7/h1-4,11H,5H2,(H,13,16)(H,14,15). The van der Waals surface area contributed by atoms with E-state index in [2.05, 4.69) is 15.3 Å². The van der Waals surface area contributed by atoms with Crippen molar-refractivity contribution in [2.45, 2.75) is 0 Å². The van der Waals surface area contributed by atoms with Crippen molar-refractivity contribution in [1.82, 2.24) is 15.3 Å². The Morgan fingerprint density at radius 2 is 2.31 bits per heavy atom. The summed E-state index contributed by atoms with van der Waals surface area (Å²) < 4.78 is 0. The first-order valence-corrected chi connectivity index (χ1v) is 4.60. The number of fused-ring (bicyclic) bond motifs is 1. The SMILES string of the molecule is O=C(O)CNC(=O)c1cc2cc[nH]c2cn1. The summed E-state index contributed by atoms with van der Waals surface area (Å²) >= 11 is 0. The number of carbonyl (C=O) groups is 2. The van der Waals surface area contributed by atoms with Crippen LogP contribution in [0.4, 0.5) is 0 Å². The lowest BCUT2D eigenvalue weighted by molar-refractivity contribution is -0.135. The lowest BCUT2D eigenvalue weighted by atomic mass is 10.2. The smallest absolute Gasteiger partial charge is 0.322 e. The Morgan fingerprint density at radius 3 is 3.06 bits per heavy atom. The predicted octanol–water partition coefficient (Wildman–Crippen LogP) is 0.377. The lowest BCUT2D eigenvalue weighted by Gasteiger charge is -2.01. The third kappa shape index (κ3) is 2.00. The van der Waals surface area contributed by atoms with Crippen molar-refractivity contribution in [2.24, 2.45) is 0 Å². The molecule has 0 bridgehead atoms. The highest BCUT2D eigenvalue weighted by atomic mass is 16.4. The highest BCUT2D eigenvalue weighted by Crippen LogP contribution is 2.11. The molecular weight excluding hydrogens is 210 g/mol. The summed E-state index contributed by atoms with van der Waals surface area (Å²) in [5.41, 5.74) is 1.03. The Morgan fingerprint density at radius 1 is 1.50 bits per heavy atom. The van der Waals surface area contributed by atoms with Crippen LogP contribution >= 0.6 is 0 Å². The molecule has 82 valence electrons. The van der Waals surface area contributed by atoms with E-state index in [1.54, 1.807) is 12.3 Å². The number of nitrogens with one attached hydrogen (secondary N) is 2. The van der Waals surface area contributed by atoms with E-state index in [-0.39, 0.29) is 5.69 Å². The second-order valence-electron chi connectivity index (χ2n) is 3.21. The van der Waals surface area contributed by atoms with Crippen LogP contribution in [0.5, 0.6) is 0 Å². The molecule has 0 unspecified atom stereocenters. The summed E-state index contributed by atoms with van der Waals surface area (Å²) in [7, 11) is 0. The number of nitrogens with zero attached hydrogens (tertiary/aromatic N) is 1. The third-order valence-electron chi connectivity index (χ3n) is 2.07. The number of aliphatic carboxylic acids is 1. The first-order chi connectivity index (χ1) is 7.66. The molecule has 2 aromatic rings. The number of carboxylic acid groups (broad SMARTS) is 1. The quantitative estimate of drug-likeness (QED) is 0.695. The van der Waals surface area contributed by atoms with Gasteiger partial charge in [0.2, 0.25) is 0 Å². The van der Waals surface area contributed by atoms with E-state index in [0.29, 0.717) is 0 Å². The molecule has 2 heterocycles. The zero-order chi connectivity index (χ0) is 11.5. The molecule has 2 aromatic heterocycles. The third-order valence-corrected chi connectivity index (χ3v) is 2.07. The molecule has 0 saturated carbocycles. The van der Waals surface area contributed by atoms with Gasteiger partial charge in [0.1, 0.15) is 12.2 Å². The summed E-state index contributed by atoms with van der Waals surface area (Å²) in [4.78, 5) is 28.6. The molecule has 1 amide bonds. The van der Waals surface area contributed by atoms with Crippen LogP contribution in [0.25, 0.3) is 10.9 Å². The molecule has 0 fully saturated rings. The minimum absolute atomic E-state index is 0.202. The summed E-state index contributed by atoms with van der Waals surface area (Å²) in [6.45, 7) is -0.411. The van der Waals surface area contributed by atoms with E-state index >= 15 is 0 Å². The largest absolute Gasteiger partial charge is 0.480 e. The zero-order valence-electron chi connectivity index (χ0n) is 8.23. The second kappa shape index (κ2) is 4.01. The minimum atomic E-state index is -1.09. The Balaban J connectivity index is 2.19. The Labute approximate surface area is 90.3 Å². The number of pyridine rings is 1. The Hall–Kier alpha value is -2.37. The fourth-order valence-electron chi connectivity index (χ4n) is 1.32. The fraction of sp³-hybridized carbons (Fsp3) is 0.100. The number of hydrogen-bond donors (Lipinski definition) is 3. The molecule has 0 aliphatic rings. The fourth-order valence-corrected chi connectivity index (χ4v) is 1.32. The highest BCUT2D eigenvalue weighted by Gasteiger charge is 2.09. The molecule has 6 nitrogen and oxygen atoms in total. The molecule has 0 aliphatic heterocycles. The van der Waals surface area contributed by atoms with Gasteiger partial charge in [-0.1, -0.05) is 0 Å². The van der Waals surface area contributed by atoms with Crippen LogP contribution in [0.1, 0.15) is 10.5 Å². The zero-order valence-corrected chi connectivity index (χ0v) is 8.23.